The summed E-state index contributed by atoms with van der Waals surface area (Å²) in [7, 11) is 0. The van der Waals surface area contributed by atoms with Crippen molar-refractivity contribution in [2.75, 3.05) is 0 Å². The van der Waals surface area contributed by atoms with Gasteiger partial charge in [0, 0.05) is 12.5 Å². The van der Waals surface area contributed by atoms with Crippen molar-refractivity contribution in [2.45, 2.75) is 87.5 Å². The minimum absolute atomic E-state index is 0.0144. The van der Waals surface area contributed by atoms with Crippen LogP contribution in [0.3, 0.4) is 0 Å². The first-order valence-corrected chi connectivity index (χ1v) is 11.3. The first-order chi connectivity index (χ1) is 12.6. The van der Waals surface area contributed by atoms with E-state index in [4.69, 9.17) is 4.99 Å². The SMILES string of the molecule is O=C(CC1SC(=NC23CC4CC(CC(C4)C2)C3)NC1=O)NC1CCCC1. The Kier molecular flexibility index (Phi) is 4.29. The number of nitrogens with zero attached hydrogens (tertiary/aromatic N) is 1. The van der Waals surface area contributed by atoms with Gasteiger partial charge in [0.05, 0.1) is 5.54 Å². The summed E-state index contributed by atoms with van der Waals surface area (Å²) in [4.78, 5) is 29.7. The molecule has 1 unspecified atom stereocenters. The molecule has 2 amide bonds. The smallest absolute Gasteiger partial charge is 0.240 e. The van der Waals surface area contributed by atoms with E-state index in [1.54, 1.807) is 0 Å². The highest BCUT2D eigenvalue weighted by Gasteiger charge is 2.51. The molecule has 1 aliphatic heterocycles. The third kappa shape index (κ3) is 3.30. The van der Waals surface area contributed by atoms with Gasteiger partial charge >= 0.3 is 0 Å². The van der Waals surface area contributed by atoms with E-state index in [-0.39, 0.29) is 29.0 Å². The molecule has 0 aromatic rings. The minimum Gasteiger partial charge on any atom is -0.353 e. The molecule has 1 saturated heterocycles. The maximum atomic E-state index is 12.4. The van der Waals surface area contributed by atoms with Gasteiger partial charge in [0.25, 0.3) is 0 Å². The van der Waals surface area contributed by atoms with Gasteiger partial charge in [0.1, 0.15) is 5.25 Å². The standard InChI is InChI=1S/C20H29N3O2S/c24-17(21-15-3-1-2-4-15)8-16-18(25)22-19(26-16)23-20-9-12-5-13(10-20)7-14(6-12)11-20/h12-16H,1-11H2,(H,21,24)(H,22,23,25). The average Bonchev–Trinajstić information content (AvgIpc) is 3.16. The molecular weight excluding hydrogens is 346 g/mol. The Morgan fingerprint density at radius 1 is 1.12 bits per heavy atom. The molecule has 6 aliphatic rings. The van der Waals surface area contributed by atoms with Crippen LogP contribution >= 0.6 is 11.8 Å². The van der Waals surface area contributed by atoms with Crippen molar-refractivity contribution in [3.63, 3.8) is 0 Å². The zero-order valence-corrected chi connectivity index (χ0v) is 16.2. The third-order valence-electron chi connectivity index (χ3n) is 7.21. The topological polar surface area (TPSA) is 70.6 Å². The molecule has 4 bridgehead atoms. The van der Waals surface area contributed by atoms with E-state index in [9.17, 15) is 9.59 Å². The number of aliphatic imine (C=N–C) groups is 1. The summed E-state index contributed by atoms with van der Waals surface area (Å²) in [6, 6.07) is 0.317. The van der Waals surface area contributed by atoms with Crippen LogP contribution in [0.25, 0.3) is 0 Å². The fourth-order valence-corrected chi connectivity index (χ4v) is 7.61. The second kappa shape index (κ2) is 6.54. The Morgan fingerprint density at radius 3 is 2.35 bits per heavy atom. The highest BCUT2D eigenvalue weighted by Crippen LogP contribution is 2.57. The summed E-state index contributed by atoms with van der Waals surface area (Å²) >= 11 is 1.48. The number of carbonyl (C=O) groups is 2. The van der Waals surface area contributed by atoms with Gasteiger partial charge < -0.3 is 10.6 Å². The summed E-state index contributed by atoms with van der Waals surface area (Å²) in [5.74, 6) is 2.52. The molecule has 0 aromatic heterocycles. The van der Waals surface area contributed by atoms with Gasteiger partial charge in [-0.25, -0.2) is 0 Å². The zero-order chi connectivity index (χ0) is 17.7. The van der Waals surface area contributed by atoms with Gasteiger partial charge in [0.15, 0.2) is 5.17 Å². The zero-order valence-electron chi connectivity index (χ0n) is 15.3. The van der Waals surface area contributed by atoms with Crippen molar-refractivity contribution in [3.8, 4) is 0 Å². The molecule has 6 fully saturated rings. The lowest BCUT2D eigenvalue weighted by atomic mass is 9.53. The molecule has 0 aromatic carbocycles. The molecule has 2 N–H and O–H groups in total. The molecule has 0 radical (unpaired) electrons. The van der Waals surface area contributed by atoms with Crippen LogP contribution in [0.15, 0.2) is 4.99 Å². The Bertz CT molecular complexity index is 606. The molecule has 6 heteroatoms. The van der Waals surface area contributed by atoms with Crippen LogP contribution in [0.2, 0.25) is 0 Å². The second-order valence-electron chi connectivity index (χ2n) is 9.41. The first-order valence-electron chi connectivity index (χ1n) is 10.4. The van der Waals surface area contributed by atoms with Gasteiger partial charge in [-0.3, -0.25) is 14.6 Å². The summed E-state index contributed by atoms with van der Waals surface area (Å²) in [6.07, 6.45) is 12.6. The predicted octanol–water partition coefficient (Wildman–Crippen LogP) is 2.99. The number of hydrogen-bond acceptors (Lipinski definition) is 4. The number of rotatable bonds is 4. The van der Waals surface area contributed by atoms with Gasteiger partial charge in [-0.15, -0.1) is 0 Å². The van der Waals surface area contributed by atoms with Crippen molar-refractivity contribution < 1.29 is 9.59 Å². The van der Waals surface area contributed by atoms with Gasteiger partial charge in [-0.05, 0) is 69.1 Å². The monoisotopic (exact) mass is 375 g/mol. The molecule has 142 valence electrons. The van der Waals surface area contributed by atoms with Crippen LogP contribution in [-0.2, 0) is 9.59 Å². The normalized spacial score (nSPS) is 43.2. The van der Waals surface area contributed by atoms with Crippen LogP contribution < -0.4 is 10.6 Å². The Morgan fingerprint density at radius 2 is 1.73 bits per heavy atom. The maximum absolute atomic E-state index is 12.4. The van der Waals surface area contributed by atoms with Crippen LogP contribution in [0.4, 0.5) is 0 Å². The Hall–Kier alpha value is -1.04. The van der Waals surface area contributed by atoms with Gasteiger partial charge in [-0.2, -0.15) is 0 Å². The van der Waals surface area contributed by atoms with Gasteiger partial charge in [0.2, 0.25) is 11.8 Å². The molecule has 6 rings (SSSR count). The lowest BCUT2D eigenvalue weighted by Crippen LogP contribution is -2.50. The van der Waals surface area contributed by atoms with E-state index in [0.29, 0.717) is 6.04 Å². The number of carbonyl (C=O) groups excluding carboxylic acids is 2. The van der Waals surface area contributed by atoms with E-state index >= 15 is 0 Å². The van der Waals surface area contributed by atoms with Crippen LogP contribution in [0.5, 0.6) is 0 Å². The quantitative estimate of drug-likeness (QED) is 0.793. The first kappa shape index (κ1) is 17.1. The molecule has 0 spiro atoms. The molecule has 5 saturated carbocycles. The fraction of sp³-hybridized carbons (Fsp3) is 0.850. The number of hydrogen-bond donors (Lipinski definition) is 2. The summed E-state index contributed by atoms with van der Waals surface area (Å²) in [5.41, 5.74) is 0.0748. The second-order valence-corrected chi connectivity index (χ2v) is 10.6. The van der Waals surface area contributed by atoms with Crippen molar-refractivity contribution >= 4 is 28.7 Å². The van der Waals surface area contributed by atoms with E-state index in [0.717, 1.165) is 35.8 Å². The van der Waals surface area contributed by atoms with Crippen LogP contribution in [0, 0.1) is 17.8 Å². The van der Waals surface area contributed by atoms with Crippen molar-refractivity contribution in [1.29, 1.82) is 0 Å². The summed E-state index contributed by atoms with van der Waals surface area (Å²) in [5, 5.41) is 6.53. The Labute approximate surface area is 159 Å². The highest BCUT2D eigenvalue weighted by atomic mass is 32.2. The molecular formula is C20H29N3O2S. The Balaban J connectivity index is 1.22. The number of thioether (sulfide) groups is 1. The van der Waals surface area contributed by atoms with Crippen LogP contribution in [0.1, 0.15) is 70.6 Å². The van der Waals surface area contributed by atoms with Crippen molar-refractivity contribution in [3.05, 3.63) is 0 Å². The van der Waals surface area contributed by atoms with E-state index in [2.05, 4.69) is 10.6 Å². The van der Waals surface area contributed by atoms with E-state index < -0.39 is 0 Å². The minimum atomic E-state index is -0.316. The van der Waals surface area contributed by atoms with Crippen molar-refractivity contribution in [1.82, 2.24) is 10.6 Å². The van der Waals surface area contributed by atoms with Crippen LogP contribution in [-0.4, -0.2) is 33.8 Å². The average molecular weight is 376 g/mol. The van der Waals surface area contributed by atoms with E-state index in [1.807, 2.05) is 0 Å². The molecule has 1 atom stereocenters. The third-order valence-corrected chi connectivity index (χ3v) is 8.29. The molecule has 26 heavy (non-hydrogen) atoms. The fourth-order valence-electron chi connectivity index (χ4n) is 6.53. The molecule has 5 nitrogen and oxygen atoms in total. The largest absolute Gasteiger partial charge is 0.353 e. The maximum Gasteiger partial charge on any atom is 0.240 e. The van der Waals surface area contributed by atoms with Crippen molar-refractivity contribution in [2.24, 2.45) is 22.7 Å². The summed E-state index contributed by atoms with van der Waals surface area (Å²) < 4.78 is 0. The predicted molar refractivity (Wildman–Crippen MR) is 103 cm³/mol. The lowest BCUT2D eigenvalue weighted by molar-refractivity contribution is -0.125. The molecule has 5 aliphatic carbocycles. The summed E-state index contributed by atoms with van der Waals surface area (Å²) in [6.45, 7) is 0. The number of amides is 2. The molecule has 1 heterocycles. The number of amidine groups is 1. The number of nitrogens with one attached hydrogen (secondary N) is 2. The van der Waals surface area contributed by atoms with Gasteiger partial charge in [-0.1, -0.05) is 24.6 Å². The lowest BCUT2D eigenvalue weighted by Gasteiger charge is -2.55. The van der Waals surface area contributed by atoms with E-state index in [1.165, 1.54) is 63.1 Å². The highest BCUT2D eigenvalue weighted by molar-refractivity contribution is 8.15.